The lowest BCUT2D eigenvalue weighted by Crippen LogP contribution is -2.41. The summed E-state index contributed by atoms with van der Waals surface area (Å²) in [6.07, 6.45) is 1.66. The summed E-state index contributed by atoms with van der Waals surface area (Å²) in [5.74, 6) is 0.267. The Hall–Kier alpha value is -2.49. The number of ether oxygens (including phenoxy) is 1. The molecular formula is C17H19N5O3S. The first-order valence-electron chi connectivity index (χ1n) is 8.44. The van der Waals surface area contributed by atoms with Gasteiger partial charge in [-0.2, -0.15) is 9.38 Å². The number of nitro groups is 1. The maximum atomic E-state index is 11.6. The van der Waals surface area contributed by atoms with E-state index in [9.17, 15) is 10.1 Å². The van der Waals surface area contributed by atoms with E-state index in [4.69, 9.17) is 4.74 Å². The van der Waals surface area contributed by atoms with Crippen LogP contribution < -0.4 is 5.32 Å². The number of imidazole rings is 1. The smallest absolute Gasteiger partial charge is 0.372 e. The molecule has 0 amide bonds. The number of rotatable bonds is 6. The molecule has 4 heterocycles. The normalized spacial score (nSPS) is 16.6. The zero-order chi connectivity index (χ0) is 17.9. The van der Waals surface area contributed by atoms with E-state index in [-0.39, 0.29) is 11.9 Å². The number of fused-ring (bicyclic) bond motifs is 1. The summed E-state index contributed by atoms with van der Waals surface area (Å²) in [5, 5.41) is 16.8. The van der Waals surface area contributed by atoms with Gasteiger partial charge in [-0.15, -0.1) is 11.3 Å². The van der Waals surface area contributed by atoms with Crippen molar-refractivity contribution < 1.29 is 9.66 Å². The number of morpholine rings is 1. The molecule has 3 aromatic rings. The van der Waals surface area contributed by atoms with Gasteiger partial charge in [0.25, 0.3) is 0 Å². The molecule has 26 heavy (non-hydrogen) atoms. The quantitative estimate of drug-likeness (QED) is 0.528. The van der Waals surface area contributed by atoms with Crippen LogP contribution in [0.3, 0.4) is 0 Å². The number of nitrogens with one attached hydrogen (secondary N) is 1. The minimum Gasteiger partial charge on any atom is -0.379 e. The van der Waals surface area contributed by atoms with E-state index in [1.807, 2.05) is 12.1 Å². The van der Waals surface area contributed by atoms with Gasteiger partial charge in [-0.3, -0.25) is 4.90 Å². The number of hydrogen-bond acceptors (Lipinski definition) is 7. The molecule has 0 bridgehead atoms. The molecule has 1 unspecified atom stereocenters. The van der Waals surface area contributed by atoms with Crippen molar-refractivity contribution in [2.24, 2.45) is 0 Å². The monoisotopic (exact) mass is 373 g/mol. The zero-order valence-corrected chi connectivity index (χ0v) is 14.9. The van der Waals surface area contributed by atoms with Gasteiger partial charge in [0.15, 0.2) is 0 Å². The second kappa shape index (κ2) is 7.40. The fraction of sp³-hybridized carbons (Fsp3) is 0.353. The van der Waals surface area contributed by atoms with Gasteiger partial charge in [-0.25, -0.2) is 0 Å². The van der Waals surface area contributed by atoms with Gasteiger partial charge in [0.05, 0.1) is 25.5 Å². The number of hydrogen-bond donors (Lipinski definition) is 1. The Morgan fingerprint density at radius 3 is 2.88 bits per heavy atom. The summed E-state index contributed by atoms with van der Waals surface area (Å²) in [6, 6.07) is 9.59. The van der Waals surface area contributed by atoms with Gasteiger partial charge >= 0.3 is 5.82 Å². The van der Waals surface area contributed by atoms with Gasteiger partial charge in [0.2, 0.25) is 11.5 Å². The molecule has 9 heteroatoms. The predicted molar refractivity (Wildman–Crippen MR) is 99.8 cm³/mol. The van der Waals surface area contributed by atoms with Gasteiger partial charge in [0.1, 0.15) is 0 Å². The molecule has 1 aliphatic heterocycles. The molecule has 1 aliphatic rings. The van der Waals surface area contributed by atoms with Crippen LogP contribution in [0, 0.1) is 10.1 Å². The molecule has 8 nitrogen and oxygen atoms in total. The lowest BCUT2D eigenvalue weighted by molar-refractivity contribution is -0.389. The summed E-state index contributed by atoms with van der Waals surface area (Å²) < 4.78 is 6.95. The molecule has 0 radical (unpaired) electrons. The third-order valence-electron chi connectivity index (χ3n) is 4.50. The Kier molecular flexibility index (Phi) is 4.83. The van der Waals surface area contributed by atoms with Crippen molar-refractivity contribution in [3.05, 3.63) is 56.9 Å². The molecule has 4 rings (SSSR count). The second-order valence-corrected chi connectivity index (χ2v) is 7.01. The molecule has 3 aromatic heterocycles. The molecule has 1 atom stereocenters. The van der Waals surface area contributed by atoms with Gasteiger partial charge < -0.3 is 20.2 Å². The first-order chi connectivity index (χ1) is 12.7. The summed E-state index contributed by atoms with van der Waals surface area (Å²) in [5.41, 5.74) is 0.556. The van der Waals surface area contributed by atoms with Crippen molar-refractivity contribution in [3.8, 4) is 0 Å². The van der Waals surface area contributed by atoms with Gasteiger partial charge in [-0.1, -0.05) is 12.1 Å². The number of nitrogens with zero attached hydrogens (tertiary/aromatic N) is 4. The minimum absolute atomic E-state index is 0.0347. The SMILES string of the molecule is O=[N+]([O-])c1c(NCC(c2cccs2)N2CCOCC2)nc2ccccn12. The van der Waals surface area contributed by atoms with Crippen molar-refractivity contribution in [2.45, 2.75) is 6.04 Å². The van der Waals surface area contributed by atoms with Gasteiger partial charge in [-0.05, 0) is 22.4 Å². The average Bonchev–Trinajstić information content (AvgIpc) is 3.30. The summed E-state index contributed by atoms with van der Waals surface area (Å²) in [7, 11) is 0. The Balaban J connectivity index is 1.60. The highest BCUT2D eigenvalue weighted by molar-refractivity contribution is 7.10. The Bertz CT molecular complexity index is 889. The van der Waals surface area contributed by atoms with Crippen LogP contribution in [0.4, 0.5) is 11.6 Å². The van der Waals surface area contributed by atoms with E-state index in [0.717, 1.165) is 13.1 Å². The van der Waals surface area contributed by atoms with E-state index >= 15 is 0 Å². The molecule has 0 spiro atoms. The lowest BCUT2D eigenvalue weighted by Gasteiger charge is -2.34. The van der Waals surface area contributed by atoms with Crippen LogP contribution in [0.15, 0.2) is 41.9 Å². The van der Waals surface area contributed by atoms with Crippen LogP contribution in [-0.2, 0) is 4.74 Å². The van der Waals surface area contributed by atoms with Crippen LogP contribution in [-0.4, -0.2) is 52.1 Å². The standard InChI is InChI=1S/C17H19N5O3S/c23-22(24)17-16(19-15-5-1-2-6-21(15)17)18-12-13(14-4-3-11-26-14)20-7-9-25-10-8-20/h1-6,11,13,18H,7-10,12H2. The molecule has 1 fully saturated rings. The van der Waals surface area contributed by atoms with Gasteiger partial charge in [0, 0.05) is 30.6 Å². The fourth-order valence-electron chi connectivity index (χ4n) is 3.25. The molecular weight excluding hydrogens is 354 g/mol. The summed E-state index contributed by atoms with van der Waals surface area (Å²) in [4.78, 5) is 19.1. The second-order valence-electron chi connectivity index (χ2n) is 6.03. The van der Waals surface area contributed by atoms with Crippen molar-refractivity contribution in [1.29, 1.82) is 0 Å². The van der Waals surface area contributed by atoms with E-state index < -0.39 is 4.92 Å². The molecule has 0 aromatic carbocycles. The number of pyridine rings is 1. The largest absolute Gasteiger partial charge is 0.379 e. The van der Waals surface area contributed by atoms with Crippen molar-refractivity contribution >= 4 is 28.6 Å². The highest BCUT2D eigenvalue weighted by atomic mass is 32.1. The molecule has 1 N–H and O–H groups in total. The minimum atomic E-state index is -0.392. The molecule has 1 saturated heterocycles. The molecule has 0 saturated carbocycles. The van der Waals surface area contributed by atoms with E-state index in [0.29, 0.717) is 31.2 Å². The maximum absolute atomic E-state index is 11.6. The van der Waals surface area contributed by atoms with Crippen LogP contribution in [0.5, 0.6) is 0 Å². The third-order valence-corrected chi connectivity index (χ3v) is 5.47. The van der Waals surface area contributed by atoms with Crippen LogP contribution in [0.2, 0.25) is 0 Å². The number of aromatic nitrogens is 2. The Morgan fingerprint density at radius 1 is 1.31 bits per heavy atom. The zero-order valence-electron chi connectivity index (χ0n) is 14.1. The average molecular weight is 373 g/mol. The topological polar surface area (TPSA) is 84.9 Å². The highest BCUT2D eigenvalue weighted by Crippen LogP contribution is 2.29. The Morgan fingerprint density at radius 2 is 2.15 bits per heavy atom. The van der Waals surface area contributed by atoms with Crippen LogP contribution in [0.25, 0.3) is 5.65 Å². The van der Waals surface area contributed by atoms with Crippen LogP contribution in [0.1, 0.15) is 10.9 Å². The van der Waals surface area contributed by atoms with Crippen molar-refractivity contribution in [1.82, 2.24) is 14.3 Å². The first kappa shape index (κ1) is 17.0. The third kappa shape index (κ3) is 3.28. The van der Waals surface area contributed by atoms with E-state index in [1.165, 1.54) is 9.28 Å². The fourth-order valence-corrected chi connectivity index (χ4v) is 4.11. The molecule has 136 valence electrons. The van der Waals surface area contributed by atoms with Crippen molar-refractivity contribution in [2.75, 3.05) is 38.2 Å². The summed E-state index contributed by atoms with van der Waals surface area (Å²) >= 11 is 1.69. The lowest BCUT2D eigenvalue weighted by atomic mass is 10.2. The van der Waals surface area contributed by atoms with E-state index in [1.54, 1.807) is 29.7 Å². The first-order valence-corrected chi connectivity index (χ1v) is 9.32. The van der Waals surface area contributed by atoms with Crippen molar-refractivity contribution in [3.63, 3.8) is 0 Å². The summed E-state index contributed by atoms with van der Waals surface area (Å²) in [6.45, 7) is 3.65. The predicted octanol–water partition coefficient (Wildman–Crippen LogP) is 2.79. The number of anilines is 1. The maximum Gasteiger partial charge on any atom is 0.372 e. The van der Waals surface area contributed by atoms with Crippen LogP contribution >= 0.6 is 11.3 Å². The Labute approximate surface area is 154 Å². The number of thiophene rings is 1. The highest BCUT2D eigenvalue weighted by Gasteiger charge is 2.27. The molecule has 0 aliphatic carbocycles. The van der Waals surface area contributed by atoms with E-state index in [2.05, 4.69) is 26.6 Å².